The van der Waals surface area contributed by atoms with Gasteiger partial charge in [0.15, 0.2) is 5.82 Å². The molecule has 0 radical (unpaired) electrons. The van der Waals surface area contributed by atoms with Crippen LogP contribution in [0.2, 0.25) is 0 Å². The van der Waals surface area contributed by atoms with Crippen molar-refractivity contribution in [2.75, 3.05) is 6.54 Å². The lowest BCUT2D eigenvalue weighted by atomic mass is 9.99. The molecule has 1 saturated heterocycles. The first kappa shape index (κ1) is 18.4. The molecule has 30 heavy (non-hydrogen) atoms. The van der Waals surface area contributed by atoms with E-state index in [9.17, 15) is 4.79 Å². The van der Waals surface area contributed by atoms with Crippen molar-refractivity contribution in [3.8, 4) is 11.3 Å². The van der Waals surface area contributed by atoms with E-state index in [0.717, 1.165) is 41.4 Å². The van der Waals surface area contributed by atoms with E-state index in [1.54, 1.807) is 19.3 Å². The van der Waals surface area contributed by atoms with Crippen molar-refractivity contribution in [1.29, 1.82) is 0 Å². The van der Waals surface area contributed by atoms with Gasteiger partial charge in [0.05, 0.1) is 11.2 Å². The first-order valence-corrected chi connectivity index (χ1v) is 10.1. The zero-order valence-electron chi connectivity index (χ0n) is 16.7. The molecular formula is C23H21N5O2. The fourth-order valence-corrected chi connectivity index (χ4v) is 4.05. The Hall–Kier alpha value is -3.61. The molecule has 1 aliphatic rings. The van der Waals surface area contributed by atoms with Crippen LogP contribution in [0.15, 0.2) is 59.4 Å². The van der Waals surface area contributed by atoms with E-state index < -0.39 is 0 Å². The highest BCUT2D eigenvalue weighted by Crippen LogP contribution is 2.32. The molecular weight excluding hydrogens is 378 g/mol. The van der Waals surface area contributed by atoms with Crippen molar-refractivity contribution in [2.45, 2.75) is 32.2 Å². The van der Waals surface area contributed by atoms with Crippen LogP contribution in [0.5, 0.6) is 0 Å². The average molecular weight is 399 g/mol. The highest BCUT2D eigenvalue weighted by Gasteiger charge is 2.32. The normalized spacial score (nSPS) is 16.7. The van der Waals surface area contributed by atoms with Crippen LogP contribution in [0.1, 0.15) is 47.4 Å². The summed E-state index contributed by atoms with van der Waals surface area (Å²) >= 11 is 0. The molecule has 3 aromatic heterocycles. The molecule has 1 aromatic carbocycles. The molecule has 7 nitrogen and oxygen atoms in total. The van der Waals surface area contributed by atoms with E-state index in [0.29, 0.717) is 23.8 Å². The van der Waals surface area contributed by atoms with Gasteiger partial charge in [0.25, 0.3) is 5.91 Å². The van der Waals surface area contributed by atoms with E-state index in [1.807, 2.05) is 47.4 Å². The molecule has 1 amide bonds. The van der Waals surface area contributed by atoms with Gasteiger partial charge >= 0.3 is 0 Å². The zero-order chi connectivity index (χ0) is 20.5. The van der Waals surface area contributed by atoms with E-state index >= 15 is 0 Å². The summed E-state index contributed by atoms with van der Waals surface area (Å²) in [5.41, 5.74) is 3.35. The molecule has 150 valence electrons. The highest BCUT2D eigenvalue weighted by molar-refractivity contribution is 5.96. The summed E-state index contributed by atoms with van der Waals surface area (Å²) in [6.45, 7) is 2.47. The van der Waals surface area contributed by atoms with E-state index in [4.69, 9.17) is 4.52 Å². The topological polar surface area (TPSA) is 85.0 Å². The summed E-state index contributed by atoms with van der Waals surface area (Å²) in [6.07, 6.45) is 6.37. The van der Waals surface area contributed by atoms with Gasteiger partial charge < -0.3 is 9.42 Å². The number of benzene rings is 1. The molecule has 0 saturated carbocycles. The maximum atomic E-state index is 13.3. The number of aryl methyl sites for hydroxylation is 1. The Kier molecular flexibility index (Phi) is 4.71. The van der Waals surface area contributed by atoms with Gasteiger partial charge in [-0.3, -0.25) is 14.8 Å². The summed E-state index contributed by atoms with van der Waals surface area (Å²) in [7, 11) is 0. The lowest BCUT2D eigenvalue weighted by molar-refractivity contribution is 0.0561. The van der Waals surface area contributed by atoms with Crippen molar-refractivity contribution in [1.82, 2.24) is 25.0 Å². The molecule has 1 atom stereocenters. The maximum absolute atomic E-state index is 13.3. The molecule has 1 aliphatic heterocycles. The number of hydrogen-bond donors (Lipinski definition) is 0. The van der Waals surface area contributed by atoms with Crippen LogP contribution >= 0.6 is 0 Å². The highest BCUT2D eigenvalue weighted by atomic mass is 16.5. The van der Waals surface area contributed by atoms with E-state index in [1.165, 1.54) is 0 Å². The summed E-state index contributed by atoms with van der Waals surface area (Å²) in [5.74, 6) is 1.09. The minimum absolute atomic E-state index is 0.0188. The van der Waals surface area contributed by atoms with Gasteiger partial charge in [-0.2, -0.15) is 4.98 Å². The predicted octanol–water partition coefficient (Wildman–Crippen LogP) is 4.36. The number of hydrogen-bond acceptors (Lipinski definition) is 6. The third kappa shape index (κ3) is 3.32. The standard InChI is InChI=1S/C23H21N5O2/c1-15-26-22(30-27-15)20-6-2-3-14-28(20)23(29)17-9-7-16(8-10-17)21-18-5-4-12-24-19(18)11-13-25-21/h4-5,7-13,20H,2-3,6,14H2,1H3. The van der Waals surface area contributed by atoms with Gasteiger partial charge in [0.1, 0.15) is 6.04 Å². The average Bonchev–Trinajstić information content (AvgIpc) is 3.24. The Labute approximate surface area is 173 Å². The number of rotatable bonds is 3. The second-order valence-corrected chi connectivity index (χ2v) is 7.50. The first-order chi connectivity index (χ1) is 14.7. The third-order valence-electron chi connectivity index (χ3n) is 5.53. The Morgan fingerprint density at radius 2 is 1.93 bits per heavy atom. The summed E-state index contributed by atoms with van der Waals surface area (Å²) in [6, 6.07) is 13.2. The van der Waals surface area contributed by atoms with Crippen LogP contribution in [-0.4, -0.2) is 37.5 Å². The molecule has 1 fully saturated rings. The van der Waals surface area contributed by atoms with E-state index in [2.05, 4.69) is 20.1 Å². The number of aromatic nitrogens is 4. The first-order valence-electron chi connectivity index (χ1n) is 10.1. The molecule has 0 N–H and O–H groups in total. The molecule has 0 bridgehead atoms. The van der Waals surface area contributed by atoms with Crippen LogP contribution in [-0.2, 0) is 0 Å². The molecule has 0 aliphatic carbocycles. The van der Waals surface area contributed by atoms with E-state index in [-0.39, 0.29) is 11.9 Å². The number of amides is 1. The lowest BCUT2D eigenvalue weighted by Gasteiger charge is -2.33. The largest absolute Gasteiger partial charge is 0.337 e. The molecule has 5 rings (SSSR count). The van der Waals surface area contributed by atoms with Gasteiger partial charge in [-0.05, 0) is 56.5 Å². The van der Waals surface area contributed by atoms with Crippen LogP contribution in [0.3, 0.4) is 0 Å². The molecule has 0 spiro atoms. The third-order valence-corrected chi connectivity index (χ3v) is 5.53. The molecule has 7 heteroatoms. The number of carbonyl (C=O) groups is 1. The molecule has 1 unspecified atom stereocenters. The second kappa shape index (κ2) is 7.67. The van der Waals surface area contributed by atoms with Gasteiger partial charge in [0, 0.05) is 35.5 Å². The quantitative estimate of drug-likeness (QED) is 0.509. The van der Waals surface area contributed by atoms with Gasteiger partial charge in [-0.1, -0.05) is 17.3 Å². The van der Waals surface area contributed by atoms with Crippen LogP contribution in [0, 0.1) is 6.92 Å². The zero-order valence-corrected chi connectivity index (χ0v) is 16.7. The van der Waals surface area contributed by atoms with Crippen molar-refractivity contribution >= 4 is 16.8 Å². The Morgan fingerprint density at radius 3 is 2.73 bits per heavy atom. The number of piperidine rings is 1. The minimum Gasteiger partial charge on any atom is -0.337 e. The van der Waals surface area contributed by atoms with Crippen LogP contribution in [0.25, 0.3) is 22.2 Å². The Bertz CT molecular complexity index is 1200. The number of likely N-dealkylation sites (tertiary alicyclic amines) is 1. The minimum atomic E-state index is -0.169. The monoisotopic (exact) mass is 399 g/mol. The molecule has 4 aromatic rings. The van der Waals surface area contributed by atoms with Gasteiger partial charge in [0.2, 0.25) is 5.89 Å². The molecule has 4 heterocycles. The van der Waals surface area contributed by atoms with Crippen molar-refractivity contribution in [2.24, 2.45) is 0 Å². The second-order valence-electron chi connectivity index (χ2n) is 7.50. The van der Waals surface area contributed by atoms with Gasteiger partial charge in [-0.25, -0.2) is 0 Å². The maximum Gasteiger partial charge on any atom is 0.254 e. The summed E-state index contributed by atoms with van der Waals surface area (Å²) < 4.78 is 5.37. The fourth-order valence-electron chi connectivity index (χ4n) is 4.05. The number of pyridine rings is 2. The van der Waals surface area contributed by atoms with Crippen molar-refractivity contribution < 1.29 is 9.32 Å². The smallest absolute Gasteiger partial charge is 0.254 e. The van der Waals surface area contributed by atoms with Gasteiger partial charge in [-0.15, -0.1) is 0 Å². The van der Waals surface area contributed by atoms with Crippen LogP contribution in [0.4, 0.5) is 0 Å². The van der Waals surface area contributed by atoms with Crippen molar-refractivity contribution in [3.63, 3.8) is 0 Å². The van der Waals surface area contributed by atoms with Crippen LogP contribution < -0.4 is 0 Å². The predicted molar refractivity (Wildman–Crippen MR) is 112 cm³/mol. The van der Waals surface area contributed by atoms with Crippen molar-refractivity contribution in [3.05, 3.63) is 72.1 Å². The Morgan fingerprint density at radius 1 is 1.07 bits per heavy atom. The Balaban J connectivity index is 1.44. The number of carbonyl (C=O) groups excluding carboxylic acids is 1. The summed E-state index contributed by atoms with van der Waals surface area (Å²) in [4.78, 5) is 28.4. The number of nitrogens with zero attached hydrogens (tertiary/aromatic N) is 5. The SMILES string of the molecule is Cc1noc(C2CCCCN2C(=O)c2ccc(-c3nccc4ncccc34)cc2)n1. The fraction of sp³-hybridized carbons (Fsp3) is 0.261. The lowest BCUT2D eigenvalue weighted by Crippen LogP contribution is -2.38. The summed E-state index contributed by atoms with van der Waals surface area (Å²) in [5, 5.41) is 4.88. The number of fused-ring (bicyclic) bond motifs is 1.